The van der Waals surface area contributed by atoms with Crippen LogP contribution in [-0.4, -0.2) is 0 Å². The minimum Gasteiger partial charge on any atom is -0.486 e. The van der Waals surface area contributed by atoms with E-state index < -0.39 is 0 Å². The molecule has 2 aromatic carbocycles. The molecular weight excluding hydrogens is 269 g/mol. The van der Waals surface area contributed by atoms with Gasteiger partial charge in [-0.05, 0) is 23.3 Å². The first-order valence-electron chi connectivity index (χ1n) is 5.55. The summed E-state index contributed by atoms with van der Waals surface area (Å²) in [5.74, 6) is 0.499. The van der Waals surface area contributed by atoms with E-state index in [4.69, 9.17) is 33.7 Å². The van der Waals surface area contributed by atoms with Gasteiger partial charge in [0.15, 0.2) is 5.75 Å². The summed E-state index contributed by atoms with van der Waals surface area (Å²) in [6.45, 7) is 0.834. The van der Waals surface area contributed by atoms with Crippen LogP contribution in [0.25, 0.3) is 0 Å². The number of hydrogen-bond donors (Lipinski definition) is 1. The molecule has 94 valence electrons. The van der Waals surface area contributed by atoms with E-state index in [1.165, 1.54) is 0 Å². The topological polar surface area (TPSA) is 35.2 Å². The molecule has 0 heterocycles. The lowest BCUT2D eigenvalue weighted by Crippen LogP contribution is -1.99. The van der Waals surface area contributed by atoms with E-state index in [0.29, 0.717) is 28.9 Å². The average molecular weight is 282 g/mol. The highest BCUT2D eigenvalue weighted by Gasteiger charge is 2.09. The fourth-order valence-corrected chi connectivity index (χ4v) is 2.24. The Morgan fingerprint density at radius 3 is 2.11 bits per heavy atom. The second-order valence-corrected chi connectivity index (χ2v) is 4.68. The molecule has 0 fully saturated rings. The van der Waals surface area contributed by atoms with E-state index in [9.17, 15) is 0 Å². The highest BCUT2D eigenvalue weighted by Crippen LogP contribution is 2.34. The van der Waals surface area contributed by atoms with Crippen LogP contribution in [0.3, 0.4) is 0 Å². The number of hydrogen-bond acceptors (Lipinski definition) is 2. The van der Waals surface area contributed by atoms with Crippen molar-refractivity contribution in [1.29, 1.82) is 0 Å². The number of rotatable bonds is 4. The lowest BCUT2D eigenvalue weighted by molar-refractivity contribution is 0.306. The highest BCUT2D eigenvalue weighted by atomic mass is 35.5. The predicted octanol–water partition coefficient (Wildman–Crippen LogP) is 4.03. The lowest BCUT2D eigenvalue weighted by atomic mass is 10.2. The van der Waals surface area contributed by atoms with Crippen molar-refractivity contribution in [3.63, 3.8) is 0 Å². The summed E-state index contributed by atoms with van der Waals surface area (Å²) in [4.78, 5) is 0. The van der Waals surface area contributed by atoms with Gasteiger partial charge in [0.2, 0.25) is 0 Å². The Labute approximate surface area is 116 Å². The molecule has 0 aliphatic heterocycles. The van der Waals surface area contributed by atoms with Crippen LogP contribution in [0.4, 0.5) is 0 Å². The molecule has 0 aliphatic carbocycles. The predicted molar refractivity (Wildman–Crippen MR) is 75.1 cm³/mol. The zero-order valence-corrected chi connectivity index (χ0v) is 11.2. The maximum Gasteiger partial charge on any atom is 0.156 e. The Hall–Kier alpha value is -1.22. The van der Waals surface area contributed by atoms with Gasteiger partial charge in [0.1, 0.15) is 6.61 Å². The van der Waals surface area contributed by atoms with Gasteiger partial charge < -0.3 is 10.5 Å². The molecule has 0 saturated carbocycles. The second kappa shape index (κ2) is 6.10. The van der Waals surface area contributed by atoms with Crippen molar-refractivity contribution >= 4 is 23.2 Å². The largest absolute Gasteiger partial charge is 0.486 e. The van der Waals surface area contributed by atoms with Crippen molar-refractivity contribution in [2.75, 3.05) is 0 Å². The van der Waals surface area contributed by atoms with Crippen molar-refractivity contribution in [2.24, 2.45) is 5.73 Å². The van der Waals surface area contributed by atoms with Crippen LogP contribution in [0.2, 0.25) is 10.0 Å². The molecule has 0 radical (unpaired) electrons. The molecule has 0 bridgehead atoms. The standard InChI is InChI=1S/C14H13Cl2NO/c15-12-6-11(8-17)7-13(16)14(12)18-9-10-4-2-1-3-5-10/h1-7H,8-9,17H2. The van der Waals surface area contributed by atoms with Gasteiger partial charge in [0.05, 0.1) is 10.0 Å². The third-order valence-corrected chi connectivity index (χ3v) is 3.08. The number of benzene rings is 2. The van der Waals surface area contributed by atoms with Gasteiger partial charge in [0, 0.05) is 6.54 Å². The fraction of sp³-hybridized carbons (Fsp3) is 0.143. The van der Waals surface area contributed by atoms with Crippen LogP contribution >= 0.6 is 23.2 Å². The first-order valence-corrected chi connectivity index (χ1v) is 6.31. The zero-order chi connectivity index (χ0) is 13.0. The third-order valence-electron chi connectivity index (χ3n) is 2.52. The molecule has 2 aromatic rings. The van der Waals surface area contributed by atoms with Gasteiger partial charge in [-0.2, -0.15) is 0 Å². The minimum absolute atomic E-state index is 0.401. The van der Waals surface area contributed by atoms with Crippen molar-refractivity contribution in [3.05, 3.63) is 63.6 Å². The van der Waals surface area contributed by atoms with Crippen LogP contribution in [0.1, 0.15) is 11.1 Å². The summed E-state index contributed by atoms with van der Waals surface area (Å²) in [5, 5.41) is 0.970. The van der Waals surface area contributed by atoms with Gasteiger partial charge in [0.25, 0.3) is 0 Å². The molecule has 0 amide bonds. The molecule has 0 unspecified atom stereocenters. The Bertz CT molecular complexity index is 506. The maximum absolute atomic E-state index is 6.11. The van der Waals surface area contributed by atoms with Crippen LogP contribution in [0, 0.1) is 0 Å². The quantitative estimate of drug-likeness (QED) is 0.918. The molecule has 18 heavy (non-hydrogen) atoms. The van der Waals surface area contributed by atoms with Gasteiger partial charge in [-0.15, -0.1) is 0 Å². The minimum atomic E-state index is 0.401. The van der Waals surface area contributed by atoms with E-state index in [1.54, 1.807) is 12.1 Å². The molecule has 2 nitrogen and oxygen atoms in total. The lowest BCUT2D eigenvalue weighted by Gasteiger charge is -2.11. The smallest absolute Gasteiger partial charge is 0.156 e. The first-order chi connectivity index (χ1) is 8.70. The molecule has 0 aromatic heterocycles. The van der Waals surface area contributed by atoms with E-state index in [-0.39, 0.29) is 0 Å². The van der Waals surface area contributed by atoms with Gasteiger partial charge in [-0.1, -0.05) is 53.5 Å². The van der Waals surface area contributed by atoms with E-state index in [0.717, 1.165) is 11.1 Å². The monoisotopic (exact) mass is 281 g/mol. The van der Waals surface area contributed by atoms with Crippen LogP contribution in [0.5, 0.6) is 5.75 Å². The highest BCUT2D eigenvalue weighted by molar-refractivity contribution is 6.37. The molecule has 2 N–H and O–H groups in total. The normalized spacial score (nSPS) is 10.4. The van der Waals surface area contributed by atoms with E-state index in [1.807, 2.05) is 30.3 Å². The molecule has 0 spiro atoms. The van der Waals surface area contributed by atoms with E-state index in [2.05, 4.69) is 0 Å². The third kappa shape index (κ3) is 3.16. The molecule has 0 saturated heterocycles. The second-order valence-electron chi connectivity index (χ2n) is 3.87. The maximum atomic E-state index is 6.11. The van der Waals surface area contributed by atoms with Gasteiger partial charge >= 0.3 is 0 Å². The SMILES string of the molecule is NCc1cc(Cl)c(OCc2ccccc2)c(Cl)c1. The molecule has 0 atom stereocenters. The Kier molecular flexibility index (Phi) is 4.48. The van der Waals surface area contributed by atoms with Crippen molar-refractivity contribution in [2.45, 2.75) is 13.2 Å². The van der Waals surface area contributed by atoms with Crippen LogP contribution < -0.4 is 10.5 Å². The fourth-order valence-electron chi connectivity index (χ4n) is 1.60. The average Bonchev–Trinajstić information content (AvgIpc) is 2.38. The van der Waals surface area contributed by atoms with Gasteiger partial charge in [-0.3, -0.25) is 0 Å². The number of ether oxygens (including phenoxy) is 1. The summed E-state index contributed by atoms with van der Waals surface area (Å²) in [5.41, 5.74) is 7.49. The van der Waals surface area contributed by atoms with Crippen molar-refractivity contribution in [1.82, 2.24) is 0 Å². The Morgan fingerprint density at radius 2 is 1.56 bits per heavy atom. The van der Waals surface area contributed by atoms with Gasteiger partial charge in [-0.25, -0.2) is 0 Å². The van der Waals surface area contributed by atoms with Crippen molar-refractivity contribution < 1.29 is 4.74 Å². The van der Waals surface area contributed by atoms with E-state index >= 15 is 0 Å². The molecule has 2 rings (SSSR count). The Morgan fingerprint density at radius 1 is 0.944 bits per heavy atom. The first kappa shape index (κ1) is 13.2. The van der Waals surface area contributed by atoms with Crippen LogP contribution in [-0.2, 0) is 13.2 Å². The summed E-state index contributed by atoms with van der Waals surface area (Å²) in [7, 11) is 0. The number of halogens is 2. The number of nitrogens with two attached hydrogens (primary N) is 1. The van der Waals surface area contributed by atoms with Crippen molar-refractivity contribution in [3.8, 4) is 5.75 Å². The summed E-state index contributed by atoms with van der Waals surface area (Å²) in [6.07, 6.45) is 0. The summed E-state index contributed by atoms with van der Waals surface area (Å²) >= 11 is 12.2. The summed E-state index contributed by atoms with van der Waals surface area (Å²) < 4.78 is 5.65. The zero-order valence-electron chi connectivity index (χ0n) is 9.70. The Balaban J connectivity index is 2.15. The molecular formula is C14H13Cl2NO. The molecule has 0 aliphatic rings. The van der Waals surface area contributed by atoms with Crippen LogP contribution in [0.15, 0.2) is 42.5 Å². The molecule has 4 heteroatoms. The summed E-state index contributed by atoms with van der Waals surface area (Å²) in [6, 6.07) is 13.4.